The molecule has 0 fully saturated rings. The molecule has 1 heterocycles. The first kappa shape index (κ1) is 13.6. The molecule has 0 bridgehead atoms. The zero-order valence-electron chi connectivity index (χ0n) is 9.50. The second-order valence-corrected chi connectivity index (χ2v) is 5.37. The topological polar surface area (TPSA) is 114 Å². The predicted molar refractivity (Wildman–Crippen MR) is 58.5 cm³/mol. The van der Waals surface area contributed by atoms with Crippen molar-refractivity contribution in [2.45, 2.75) is 18.6 Å². The van der Waals surface area contributed by atoms with E-state index in [0.29, 0.717) is 12.2 Å². The van der Waals surface area contributed by atoms with Crippen LogP contribution in [-0.4, -0.2) is 48.5 Å². The number of ether oxygens (including phenoxy) is 1. The number of hydrogen-bond donors (Lipinski definition) is 2. The lowest BCUT2D eigenvalue weighted by Gasteiger charge is -2.11. The molecule has 9 heteroatoms. The first-order valence-electron chi connectivity index (χ1n) is 4.88. The minimum atomic E-state index is -3.71. The van der Waals surface area contributed by atoms with Crippen molar-refractivity contribution in [2.24, 2.45) is 0 Å². The van der Waals surface area contributed by atoms with Crippen molar-refractivity contribution in [1.82, 2.24) is 19.9 Å². The Labute approximate surface area is 98.8 Å². The van der Waals surface area contributed by atoms with E-state index in [1.165, 1.54) is 13.3 Å². The zero-order valence-corrected chi connectivity index (χ0v) is 10.3. The average molecular weight is 262 g/mol. The molecule has 96 valence electrons. The maximum atomic E-state index is 11.6. The van der Waals surface area contributed by atoms with E-state index in [9.17, 15) is 13.2 Å². The third-order valence-corrected chi connectivity index (χ3v) is 3.86. The van der Waals surface area contributed by atoms with E-state index in [-0.39, 0.29) is 6.54 Å². The molecule has 0 aliphatic carbocycles. The number of sulfonamides is 1. The summed E-state index contributed by atoms with van der Waals surface area (Å²) in [5.41, 5.74) is 0. The summed E-state index contributed by atoms with van der Waals surface area (Å²) in [5.74, 6) is -0.226. The Bertz CT molecular complexity index is 456. The van der Waals surface area contributed by atoms with Gasteiger partial charge in [0.25, 0.3) is 0 Å². The number of methoxy groups -OCH3 is 1. The molecule has 1 unspecified atom stereocenters. The van der Waals surface area contributed by atoms with E-state index in [1.54, 1.807) is 0 Å². The molecule has 0 aromatic carbocycles. The fraction of sp³-hybridized carbons (Fsp3) is 0.625. The summed E-state index contributed by atoms with van der Waals surface area (Å²) in [7, 11) is -2.57. The van der Waals surface area contributed by atoms with Crippen LogP contribution in [0.2, 0.25) is 0 Å². The second-order valence-electron chi connectivity index (χ2n) is 3.29. The quantitative estimate of drug-likeness (QED) is 0.624. The molecule has 2 N–H and O–H groups in total. The molecule has 1 rings (SSSR count). The maximum absolute atomic E-state index is 11.6. The van der Waals surface area contributed by atoms with Gasteiger partial charge in [0.2, 0.25) is 10.0 Å². The molecule has 0 aliphatic heterocycles. The molecule has 17 heavy (non-hydrogen) atoms. The fourth-order valence-electron chi connectivity index (χ4n) is 1.08. The number of aromatic nitrogens is 3. The van der Waals surface area contributed by atoms with Crippen molar-refractivity contribution >= 4 is 16.0 Å². The highest BCUT2D eigenvalue weighted by Gasteiger charge is 2.28. The summed E-state index contributed by atoms with van der Waals surface area (Å²) in [6.07, 6.45) is 1.70. The van der Waals surface area contributed by atoms with Gasteiger partial charge >= 0.3 is 5.97 Å². The molecule has 0 spiro atoms. The summed E-state index contributed by atoms with van der Waals surface area (Å²) in [5, 5.41) is 4.99. The van der Waals surface area contributed by atoms with Crippen LogP contribution >= 0.6 is 0 Å². The van der Waals surface area contributed by atoms with E-state index in [2.05, 4.69) is 24.6 Å². The lowest BCUT2D eigenvalue weighted by atomic mass is 10.4. The van der Waals surface area contributed by atoms with Crippen LogP contribution in [0.25, 0.3) is 0 Å². The standard InChI is InChI=1S/C8H14N4O4S/c1-6(8(13)16-2)17(14,15)11-4-3-7-9-5-10-12-7/h5-6,11H,3-4H2,1-2H3,(H,9,10,12). The van der Waals surface area contributed by atoms with Crippen LogP contribution in [0.4, 0.5) is 0 Å². The van der Waals surface area contributed by atoms with Crippen LogP contribution in [0, 0.1) is 0 Å². The average Bonchev–Trinajstić information content (AvgIpc) is 2.79. The number of rotatable bonds is 6. The zero-order chi connectivity index (χ0) is 12.9. The Morgan fingerprint density at radius 1 is 1.65 bits per heavy atom. The van der Waals surface area contributed by atoms with Gasteiger partial charge in [-0.05, 0) is 6.92 Å². The Kier molecular flexibility index (Phi) is 4.58. The van der Waals surface area contributed by atoms with Gasteiger partial charge < -0.3 is 4.74 Å². The van der Waals surface area contributed by atoms with Crippen molar-refractivity contribution < 1.29 is 17.9 Å². The molecule has 0 saturated heterocycles. The number of aromatic amines is 1. The number of H-pyrrole nitrogens is 1. The van der Waals surface area contributed by atoms with Crippen LogP contribution in [0.15, 0.2) is 6.33 Å². The number of nitrogens with zero attached hydrogens (tertiary/aromatic N) is 2. The van der Waals surface area contributed by atoms with E-state index >= 15 is 0 Å². The summed E-state index contributed by atoms with van der Waals surface area (Å²) in [4.78, 5) is 14.9. The normalized spacial score (nSPS) is 13.3. The van der Waals surface area contributed by atoms with Crippen LogP contribution in [0.5, 0.6) is 0 Å². The number of carbonyl (C=O) groups excluding carboxylic acids is 1. The van der Waals surface area contributed by atoms with Crippen molar-refractivity contribution in [1.29, 1.82) is 0 Å². The Morgan fingerprint density at radius 3 is 2.88 bits per heavy atom. The molecule has 0 saturated carbocycles. The lowest BCUT2D eigenvalue weighted by molar-refractivity contribution is -0.139. The van der Waals surface area contributed by atoms with E-state index in [0.717, 1.165) is 7.11 Å². The molecule has 1 aromatic rings. The van der Waals surface area contributed by atoms with Gasteiger partial charge in [-0.2, -0.15) is 5.10 Å². The summed E-state index contributed by atoms with van der Waals surface area (Å²) >= 11 is 0. The third kappa shape index (κ3) is 3.79. The van der Waals surface area contributed by atoms with E-state index in [4.69, 9.17) is 0 Å². The summed E-state index contributed by atoms with van der Waals surface area (Å²) < 4.78 is 29.9. The van der Waals surface area contributed by atoms with E-state index in [1.807, 2.05) is 0 Å². The van der Waals surface area contributed by atoms with Gasteiger partial charge in [0.1, 0.15) is 12.2 Å². The van der Waals surface area contributed by atoms with Crippen LogP contribution in [0.3, 0.4) is 0 Å². The Hall–Kier alpha value is -1.48. The van der Waals surface area contributed by atoms with Crippen molar-refractivity contribution in [3.8, 4) is 0 Å². The number of nitrogens with one attached hydrogen (secondary N) is 2. The van der Waals surface area contributed by atoms with Gasteiger partial charge in [0, 0.05) is 13.0 Å². The number of esters is 1. The van der Waals surface area contributed by atoms with Gasteiger partial charge in [0.05, 0.1) is 7.11 Å². The highest BCUT2D eigenvalue weighted by molar-refractivity contribution is 7.90. The molecule has 8 nitrogen and oxygen atoms in total. The largest absolute Gasteiger partial charge is 0.468 e. The SMILES string of the molecule is COC(=O)C(C)S(=O)(=O)NCCc1ncn[nH]1. The number of hydrogen-bond acceptors (Lipinski definition) is 6. The molecule has 1 aromatic heterocycles. The Balaban J connectivity index is 2.47. The van der Waals surface area contributed by atoms with Gasteiger partial charge in [-0.1, -0.05) is 0 Å². The molecule has 0 radical (unpaired) electrons. The first-order chi connectivity index (χ1) is 7.97. The highest BCUT2D eigenvalue weighted by Crippen LogP contribution is 2.00. The van der Waals surface area contributed by atoms with Crippen LogP contribution < -0.4 is 4.72 Å². The summed E-state index contributed by atoms with van der Waals surface area (Å²) in [6.45, 7) is 1.40. The molecular weight excluding hydrogens is 248 g/mol. The third-order valence-electron chi connectivity index (χ3n) is 2.13. The van der Waals surface area contributed by atoms with Gasteiger partial charge in [0.15, 0.2) is 5.25 Å². The van der Waals surface area contributed by atoms with Crippen LogP contribution in [0.1, 0.15) is 12.7 Å². The minimum absolute atomic E-state index is 0.138. The molecule has 0 amide bonds. The molecule has 1 atom stereocenters. The van der Waals surface area contributed by atoms with Gasteiger partial charge in [-0.3, -0.25) is 9.89 Å². The monoisotopic (exact) mass is 262 g/mol. The predicted octanol–water partition coefficient (Wildman–Crippen LogP) is -1.17. The lowest BCUT2D eigenvalue weighted by Crippen LogP contribution is -2.39. The summed E-state index contributed by atoms with van der Waals surface area (Å²) in [6, 6.07) is 0. The second kappa shape index (κ2) is 5.73. The van der Waals surface area contributed by atoms with Crippen molar-refractivity contribution in [3.63, 3.8) is 0 Å². The minimum Gasteiger partial charge on any atom is -0.468 e. The molecular formula is C8H14N4O4S. The number of carbonyl (C=O) groups is 1. The smallest absolute Gasteiger partial charge is 0.325 e. The highest BCUT2D eigenvalue weighted by atomic mass is 32.2. The van der Waals surface area contributed by atoms with Crippen LogP contribution in [-0.2, 0) is 26.0 Å². The maximum Gasteiger partial charge on any atom is 0.325 e. The van der Waals surface area contributed by atoms with E-state index < -0.39 is 21.2 Å². The van der Waals surface area contributed by atoms with Crippen molar-refractivity contribution in [2.75, 3.05) is 13.7 Å². The van der Waals surface area contributed by atoms with Crippen molar-refractivity contribution in [3.05, 3.63) is 12.2 Å². The molecule has 0 aliphatic rings. The van der Waals surface area contributed by atoms with Gasteiger partial charge in [-0.15, -0.1) is 0 Å². The fourth-order valence-corrected chi connectivity index (χ4v) is 2.07. The Morgan fingerprint density at radius 2 is 2.35 bits per heavy atom. The first-order valence-corrected chi connectivity index (χ1v) is 6.42. The van der Waals surface area contributed by atoms with Gasteiger partial charge in [-0.25, -0.2) is 18.1 Å².